The Morgan fingerprint density at radius 2 is 1.60 bits per heavy atom. The molecule has 2 aromatic heterocycles. The van der Waals surface area contributed by atoms with Gasteiger partial charge in [0.2, 0.25) is 11.3 Å². The first-order valence-electron chi connectivity index (χ1n) is 10.2. The zero-order valence-corrected chi connectivity index (χ0v) is 17.2. The fourth-order valence-corrected chi connectivity index (χ4v) is 4.10. The van der Waals surface area contributed by atoms with Gasteiger partial charge >= 0.3 is 0 Å². The van der Waals surface area contributed by atoms with Gasteiger partial charge in [-0.1, -0.05) is 0 Å². The van der Waals surface area contributed by atoms with E-state index in [1.807, 2.05) is 12.1 Å². The van der Waals surface area contributed by atoms with Crippen LogP contribution in [0.2, 0.25) is 0 Å². The molecule has 5 rings (SSSR count). The van der Waals surface area contributed by atoms with E-state index in [0.717, 1.165) is 50.1 Å². The fraction of sp³-hybridized carbons (Fsp3) is 0.500. The van der Waals surface area contributed by atoms with Gasteiger partial charge in [0.25, 0.3) is 0 Å². The summed E-state index contributed by atoms with van der Waals surface area (Å²) in [5, 5.41) is 7.80. The summed E-state index contributed by atoms with van der Waals surface area (Å²) < 4.78 is 15.7. The van der Waals surface area contributed by atoms with Crippen LogP contribution in [0.3, 0.4) is 0 Å². The number of rotatable bonds is 4. The summed E-state index contributed by atoms with van der Waals surface area (Å²) >= 11 is 0. The third-order valence-electron chi connectivity index (χ3n) is 5.73. The van der Waals surface area contributed by atoms with Crippen molar-refractivity contribution in [3.63, 3.8) is 0 Å². The zero-order chi connectivity index (χ0) is 20.5. The van der Waals surface area contributed by atoms with Crippen molar-refractivity contribution in [2.24, 2.45) is 0 Å². The molecule has 2 aliphatic rings. The number of piperazine rings is 1. The van der Waals surface area contributed by atoms with Crippen LogP contribution in [0.4, 0.5) is 17.3 Å². The number of aromatic nitrogens is 4. The Morgan fingerprint density at radius 3 is 2.27 bits per heavy atom. The summed E-state index contributed by atoms with van der Waals surface area (Å²) in [5.41, 5.74) is 2.06. The third-order valence-corrected chi connectivity index (χ3v) is 5.73. The minimum Gasteiger partial charge on any atom is -0.497 e. The maximum absolute atomic E-state index is 5.51. The van der Waals surface area contributed by atoms with Crippen molar-refractivity contribution in [2.45, 2.75) is 13.0 Å². The van der Waals surface area contributed by atoms with Crippen LogP contribution in [0.1, 0.15) is 6.92 Å². The number of methoxy groups -OCH3 is 1. The molecule has 10 nitrogen and oxygen atoms in total. The predicted octanol–water partition coefficient (Wildman–Crippen LogP) is 1.57. The monoisotopic (exact) mass is 411 g/mol. The lowest BCUT2D eigenvalue weighted by Gasteiger charge is -2.42. The van der Waals surface area contributed by atoms with E-state index in [9.17, 15) is 0 Å². The van der Waals surface area contributed by atoms with Crippen molar-refractivity contribution >= 4 is 28.6 Å². The van der Waals surface area contributed by atoms with Gasteiger partial charge in [-0.3, -0.25) is 0 Å². The first kappa shape index (κ1) is 18.9. The van der Waals surface area contributed by atoms with Gasteiger partial charge in [-0.05, 0) is 41.5 Å². The summed E-state index contributed by atoms with van der Waals surface area (Å²) in [5.74, 6) is 2.53. The molecule has 3 aromatic rings. The first-order valence-corrected chi connectivity index (χ1v) is 10.2. The second-order valence-corrected chi connectivity index (χ2v) is 7.57. The fourth-order valence-electron chi connectivity index (χ4n) is 4.10. The van der Waals surface area contributed by atoms with Crippen LogP contribution in [0.25, 0.3) is 11.3 Å². The largest absolute Gasteiger partial charge is 0.497 e. The van der Waals surface area contributed by atoms with Crippen LogP contribution < -0.4 is 19.4 Å². The smallest absolute Gasteiger partial charge is 0.245 e. The highest BCUT2D eigenvalue weighted by Crippen LogP contribution is 2.31. The molecule has 2 fully saturated rings. The molecule has 1 aromatic carbocycles. The first-order chi connectivity index (χ1) is 14.7. The Balaban J connectivity index is 1.42. The van der Waals surface area contributed by atoms with Crippen molar-refractivity contribution in [1.82, 2.24) is 20.3 Å². The molecule has 10 heteroatoms. The van der Waals surface area contributed by atoms with Crippen LogP contribution in [0.5, 0.6) is 5.75 Å². The quantitative estimate of drug-likeness (QED) is 0.630. The molecule has 0 saturated carbocycles. The number of fused-ring (bicyclic) bond motifs is 1. The summed E-state index contributed by atoms with van der Waals surface area (Å²) in [7, 11) is 1.68. The molecule has 0 amide bonds. The van der Waals surface area contributed by atoms with Gasteiger partial charge in [0.05, 0.1) is 20.3 Å². The maximum atomic E-state index is 5.51. The van der Waals surface area contributed by atoms with E-state index in [-0.39, 0.29) is 6.04 Å². The maximum Gasteiger partial charge on any atom is 0.245 e. The van der Waals surface area contributed by atoms with Crippen LogP contribution in [0.15, 0.2) is 28.9 Å². The van der Waals surface area contributed by atoms with Gasteiger partial charge in [0.1, 0.15) is 5.75 Å². The Morgan fingerprint density at radius 1 is 0.900 bits per heavy atom. The molecule has 0 spiro atoms. The second-order valence-electron chi connectivity index (χ2n) is 7.57. The highest BCUT2D eigenvalue weighted by atomic mass is 16.6. The Kier molecular flexibility index (Phi) is 4.99. The molecule has 158 valence electrons. The lowest BCUT2D eigenvalue weighted by molar-refractivity contribution is 0.122. The molecule has 0 N–H and O–H groups in total. The number of nitrogens with zero attached hydrogens (tertiary/aromatic N) is 7. The Bertz CT molecular complexity index is 1000. The molecule has 2 aliphatic heterocycles. The average molecular weight is 411 g/mol. The molecular formula is C20H25N7O3. The Labute approximate surface area is 174 Å². The Hall–Kier alpha value is -3.14. The number of hydrogen-bond acceptors (Lipinski definition) is 10. The van der Waals surface area contributed by atoms with Crippen molar-refractivity contribution < 1.29 is 14.1 Å². The average Bonchev–Trinajstić information content (AvgIpc) is 3.26. The molecule has 30 heavy (non-hydrogen) atoms. The van der Waals surface area contributed by atoms with Gasteiger partial charge in [0, 0.05) is 44.5 Å². The summed E-state index contributed by atoms with van der Waals surface area (Å²) in [6.45, 7) is 7.72. The van der Waals surface area contributed by atoms with Gasteiger partial charge in [-0.2, -0.15) is 0 Å². The highest BCUT2D eigenvalue weighted by molar-refractivity contribution is 5.75. The molecule has 1 atom stereocenters. The number of benzene rings is 1. The number of anilines is 3. The van der Waals surface area contributed by atoms with E-state index in [1.54, 1.807) is 7.11 Å². The van der Waals surface area contributed by atoms with E-state index in [4.69, 9.17) is 24.1 Å². The normalized spacial score (nSPS) is 20.1. The summed E-state index contributed by atoms with van der Waals surface area (Å²) in [6, 6.07) is 8.45. The lowest BCUT2D eigenvalue weighted by atomic mass is 10.1. The van der Waals surface area contributed by atoms with Gasteiger partial charge in [-0.15, -0.1) is 0 Å². The molecule has 2 saturated heterocycles. The molecule has 4 heterocycles. The van der Waals surface area contributed by atoms with Crippen LogP contribution >= 0.6 is 0 Å². The lowest BCUT2D eigenvalue weighted by Crippen LogP contribution is -2.53. The topological polar surface area (TPSA) is 92.9 Å². The van der Waals surface area contributed by atoms with Crippen LogP contribution in [-0.4, -0.2) is 79.4 Å². The molecular weight excluding hydrogens is 386 g/mol. The van der Waals surface area contributed by atoms with Crippen LogP contribution in [-0.2, 0) is 4.74 Å². The molecule has 0 aliphatic carbocycles. The van der Waals surface area contributed by atoms with Gasteiger partial charge in [-0.25, -0.2) is 14.6 Å². The standard InChI is InChI=1S/C20H25N7O3/c1-14-13-26(15-3-5-16(28-2)6-4-15)7-8-27(14)20-19(25-9-11-29-12-10-25)21-17-18(22-20)24-30-23-17/h3-6,14H,7-13H2,1-2H3/t14-/m1/s1. The molecule has 0 radical (unpaired) electrons. The van der Waals surface area contributed by atoms with E-state index >= 15 is 0 Å². The van der Waals surface area contributed by atoms with E-state index in [1.165, 1.54) is 5.69 Å². The SMILES string of the molecule is COc1ccc(N2CCN(c3nc4nonc4nc3N3CCOCC3)[C@H](C)C2)cc1. The third kappa shape index (κ3) is 3.47. The van der Waals surface area contributed by atoms with Crippen LogP contribution in [0, 0.1) is 0 Å². The van der Waals surface area contributed by atoms with Crippen molar-refractivity contribution in [3.8, 4) is 5.75 Å². The number of morpholine rings is 1. The molecule has 0 unspecified atom stereocenters. The summed E-state index contributed by atoms with van der Waals surface area (Å²) in [6.07, 6.45) is 0. The minimum atomic E-state index is 0.243. The zero-order valence-electron chi connectivity index (χ0n) is 17.2. The highest BCUT2D eigenvalue weighted by Gasteiger charge is 2.30. The van der Waals surface area contributed by atoms with Gasteiger partial charge < -0.3 is 24.2 Å². The summed E-state index contributed by atoms with van der Waals surface area (Å²) in [4.78, 5) is 16.4. The second kappa shape index (κ2) is 7.94. The van der Waals surface area contributed by atoms with E-state index < -0.39 is 0 Å². The number of ether oxygens (including phenoxy) is 2. The van der Waals surface area contributed by atoms with Gasteiger partial charge in [0.15, 0.2) is 11.6 Å². The van der Waals surface area contributed by atoms with Crippen molar-refractivity contribution in [1.29, 1.82) is 0 Å². The van der Waals surface area contributed by atoms with E-state index in [2.05, 4.69) is 44.1 Å². The number of hydrogen-bond donors (Lipinski definition) is 0. The van der Waals surface area contributed by atoms with Crippen molar-refractivity contribution in [2.75, 3.05) is 67.7 Å². The molecule has 0 bridgehead atoms. The predicted molar refractivity (Wildman–Crippen MR) is 112 cm³/mol. The minimum absolute atomic E-state index is 0.243. The van der Waals surface area contributed by atoms with Crippen molar-refractivity contribution in [3.05, 3.63) is 24.3 Å². The van der Waals surface area contributed by atoms with E-state index in [0.29, 0.717) is 24.5 Å².